The standard InChI is InChI=1S/C11H20O2/c1-5-7-9(3)8-10(6-2)11(12)13-4/h8,10H,5-7H2,1-4H3/b9-8+. The molecule has 13 heavy (non-hydrogen) atoms. The molecule has 0 aliphatic rings. The van der Waals surface area contributed by atoms with Crippen molar-refractivity contribution in [3.63, 3.8) is 0 Å². The van der Waals surface area contributed by atoms with Gasteiger partial charge in [0.25, 0.3) is 0 Å². The van der Waals surface area contributed by atoms with Gasteiger partial charge in [-0.2, -0.15) is 0 Å². The van der Waals surface area contributed by atoms with Crippen LogP contribution >= 0.6 is 0 Å². The highest BCUT2D eigenvalue weighted by Gasteiger charge is 2.13. The van der Waals surface area contributed by atoms with E-state index in [0.29, 0.717) is 0 Å². The van der Waals surface area contributed by atoms with Crippen LogP contribution in [-0.4, -0.2) is 13.1 Å². The Morgan fingerprint density at radius 3 is 2.46 bits per heavy atom. The largest absolute Gasteiger partial charge is 0.469 e. The average molecular weight is 184 g/mol. The van der Waals surface area contributed by atoms with Crippen LogP contribution in [0.4, 0.5) is 0 Å². The minimum Gasteiger partial charge on any atom is -0.469 e. The van der Waals surface area contributed by atoms with Crippen LogP contribution in [0.2, 0.25) is 0 Å². The molecule has 76 valence electrons. The van der Waals surface area contributed by atoms with Gasteiger partial charge in [0.15, 0.2) is 0 Å². The maximum absolute atomic E-state index is 11.2. The third kappa shape index (κ3) is 4.71. The van der Waals surface area contributed by atoms with E-state index in [1.165, 1.54) is 12.7 Å². The summed E-state index contributed by atoms with van der Waals surface area (Å²) < 4.78 is 4.70. The van der Waals surface area contributed by atoms with Gasteiger partial charge in [-0.25, -0.2) is 0 Å². The van der Waals surface area contributed by atoms with Gasteiger partial charge in [0, 0.05) is 0 Å². The number of allylic oxidation sites excluding steroid dienone is 1. The lowest BCUT2D eigenvalue weighted by atomic mass is 10.0. The number of hydrogen-bond donors (Lipinski definition) is 0. The third-order valence-electron chi connectivity index (χ3n) is 2.07. The van der Waals surface area contributed by atoms with Gasteiger partial charge in [-0.05, 0) is 19.8 Å². The Morgan fingerprint density at radius 2 is 2.08 bits per heavy atom. The summed E-state index contributed by atoms with van der Waals surface area (Å²) in [6.07, 6.45) is 5.02. The van der Waals surface area contributed by atoms with Gasteiger partial charge in [-0.3, -0.25) is 4.79 Å². The molecule has 2 nitrogen and oxygen atoms in total. The Labute approximate surface area is 81.0 Å². The van der Waals surface area contributed by atoms with Gasteiger partial charge in [-0.15, -0.1) is 0 Å². The molecule has 0 amide bonds. The van der Waals surface area contributed by atoms with Crippen molar-refractivity contribution in [2.24, 2.45) is 5.92 Å². The Morgan fingerprint density at radius 1 is 1.46 bits per heavy atom. The Balaban J connectivity index is 4.25. The van der Waals surface area contributed by atoms with E-state index in [9.17, 15) is 4.79 Å². The molecular formula is C11H20O2. The first kappa shape index (κ1) is 12.2. The predicted molar refractivity (Wildman–Crippen MR) is 54.5 cm³/mol. The van der Waals surface area contributed by atoms with Crippen molar-refractivity contribution in [3.05, 3.63) is 11.6 Å². The van der Waals surface area contributed by atoms with Gasteiger partial charge in [-0.1, -0.05) is 31.9 Å². The van der Waals surface area contributed by atoms with E-state index in [1.54, 1.807) is 0 Å². The predicted octanol–water partition coefficient (Wildman–Crippen LogP) is 2.93. The van der Waals surface area contributed by atoms with Gasteiger partial charge < -0.3 is 4.74 Å². The number of carbonyl (C=O) groups excluding carboxylic acids is 1. The Hall–Kier alpha value is -0.790. The second-order valence-corrected chi connectivity index (χ2v) is 3.30. The molecule has 2 heteroatoms. The number of hydrogen-bond acceptors (Lipinski definition) is 2. The smallest absolute Gasteiger partial charge is 0.312 e. The van der Waals surface area contributed by atoms with Crippen LogP contribution in [-0.2, 0) is 9.53 Å². The first-order valence-corrected chi connectivity index (χ1v) is 4.90. The molecule has 0 fully saturated rings. The molecule has 1 unspecified atom stereocenters. The normalized spacial score (nSPS) is 14.0. The zero-order chi connectivity index (χ0) is 10.3. The molecule has 0 aromatic carbocycles. The highest BCUT2D eigenvalue weighted by molar-refractivity contribution is 5.74. The van der Waals surface area contributed by atoms with Crippen molar-refractivity contribution in [1.29, 1.82) is 0 Å². The summed E-state index contributed by atoms with van der Waals surface area (Å²) in [6.45, 7) is 6.20. The highest BCUT2D eigenvalue weighted by atomic mass is 16.5. The molecule has 0 heterocycles. The van der Waals surface area contributed by atoms with Crippen molar-refractivity contribution in [2.75, 3.05) is 7.11 Å². The fourth-order valence-corrected chi connectivity index (χ4v) is 1.33. The molecule has 0 saturated carbocycles. The van der Waals surface area contributed by atoms with Crippen molar-refractivity contribution < 1.29 is 9.53 Å². The summed E-state index contributed by atoms with van der Waals surface area (Å²) in [5.74, 6) is -0.186. The quantitative estimate of drug-likeness (QED) is 0.485. The van der Waals surface area contributed by atoms with Crippen molar-refractivity contribution in [2.45, 2.75) is 40.0 Å². The van der Waals surface area contributed by atoms with E-state index in [2.05, 4.69) is 13.8 Å². The maximum Gasteiger partial charge on any atom is 0.312 e. The zero-order valence-corrected chi connectivity index (χ0v) is 9.09. The second kappa shape index (κ2) is 6.70. The fourth-order valence-electron chi connectivity index (χ4n) is 1.33. The van der Waals surface area contributed by atoms with Crippen LogP contribution in [0.15, 0.2) is 11.6 Å². The molecule has 0 spiro atoms. The van der Waals surface area contributed by atoms with Crippen LogP contribution in [0.5, 0.6) is 0 Å². The van der Waals surface area contributed by atoms with Crippen molar-refractivity contribution in [3.8, 4) is 0 Å². The number of carbonyl (C=O) groups is 1. The molecule has 0 aromatic rings. The average Bonchev–Trinajstić information content (AvgIpc) is 2.13. The van der Waals surface area contributed by atoms with Gasteiger partial charge in [0.2, 0.25) is 0 Å². The molecule has 0 aliphatic heterocycles. The third-order valence-corrected chi connectivity index (χ3v) is 2.07. The van der Waals surface area contributed by atoms with Crippen LogP contribution in [0.25, 0.3) is 0 Å². The molecule has 0 aliphatic carbocycles. The Kier molecular flexibility index (Phi) is 6.29. The van der Waals surface area contributed by atoms with E-state index in [4.69, 9.17) is 4.74 Å². The Bertz CT molecular complexity index is 183. The summed E-state index contributed by atoms with van der Waals surface area (Å²) in [6, 6.07) is 0. The van der Waals surface area contributed by atoms with E-state index < -0.39 is 0 Å². The lowest BCUT2D eigenvalue weighted by Crippen LogP contribution is -2.13. The number of ether oxygens (including phenoxy) is 1. The van der Waals surface area contributed by atoms with E-state index in [-0.39, 0.29) is 11.9 Å². The van der Waals surface area contributed by atoms with E-state index in [0.717, 1.165) is 19.3 Å². The van der Waals surface area contributed by atoms with E-state index in [1.807, 2.05) is 13.0 Å². The minimum atomic E-state index is -0.127. The SMILES string of the molecule is CCC/C(C)=C/C(CC)C(=O)OC. The first-order valence-electron chi connectivity index (χ1n) is 4.90. The number of esters is 1. The minimum absolute atomic E-state index is 0.0588. The van der Waals surface area contributed by atoms with Gasteiger partial charge >= 0.3 is 5.97 Å². The molecule has 0 saturated heterocycles. The zero-order valence-electron chi connectivity index (χ0n) is 9.09. The first-order chi connectivity index (χ1) is 6.15. The maximum atomic E-state index is 11.2. The molecular weight excluding hydrogens is 164 g/mol. The van der Waals surface area contributed by atoms with Crippen molar-refractivity contribution in [1.82, 2.24) is 0 Å². The molecule has 0 aromatic heterocycles. The molecule has 0 radical (unpaired) electrons. The molecule has 0 N–H and O–H groups in total. The van der Waals surface area contributed by atoms with Crippen LogP contribution in [0.3, 0.4) is 0 Å². The highest BCUT2D eigenvalue weighted by Crippen LogP contribution is 2.12. The van der Waals surface area contributed by atoms with Crippen LogP contribution in [0, 0.1) is 5.92 Å². The monoisotopic (exact) mass is 184 g/mol. The second-order valence-electron chi connectivity index (χ2n) is 3.30. The van der Waals surface area contributed by atoms with Gasteiger partial charge in [0.1, 0.15) is 0 Å². The van der Waals surface area contributed by atoms with Crippen LogP contribution < -0.4 is 0 Å². The summed E-state index contributed by atoms with van der Waals surface area (Å²) in [5, 5.41) is 0. The fraction of sp³-hybridized carbons (Fsp3) is 0.727. The summed E-state index contributed by atoms with van der Waals surface area (Å²) in [7, 11) is 1.44. The molecule has 1 atom stereocenters. The lowest BCUT2D eigenvalue weighted by molar-refractivity contribution is -0.143. The number of methoxy groups -OCH3 is 1. The topological polar surface area (TPSA) is 26.3 Å². The summed E-state index contributed by atoms with van der Waals surface area (Å²) in [5.41, 5.74) is 1.28. The van der Waals surface area contributed by atoms with Crippen molar-refractivity contribution >= 4 is 5.97 Å². The molecule has 0 bridgehead atoms. The van der Waals surface area contributed by atoms with Crippen LogP contribution in [0.1, 0.15) is 40.0 Å². The summed E-state index contributed by atoms with van der Waals surface area (Å²) >= 11 is 0. The summed E-state index contributed by atoms with van der Waals surface area (Å²) in [4.78, 5) is 11.2. The number of rotatable bonds is 5. The van der Waals surface area contributed by atoms with E-state index >= 15 is 0 Å². The van der Waals surface area contributed by atoms with Gasteiger partial charge in [0.05, 0.1) is 13.0 Å². The lowest BCUT2D eigenvalue weighted by Gasteiger charge is -2.08. The molecule has 0 rings (SSSR count).